The normalized spacial score (nSPS) is 10.2. The molecule has 0 spiro atoms. The van der Waals surface area contributed by atoms with Crippen LogP contribution in [0.15, 0.2) is 42.5 Å². The number of amides is 2. The molecule has 132 valence electrons. The van der Waals surface area contributed by atoms with Crippen LogP contribution in [0.5, 0.6) is 5.75 Å². The summed E-state index contributed by atoms with van der Waals surface area (Å²) in [6, 6.07) is 11.9. The molecule has 0 fully saturated rings. The number of hydrogen-bond acceptors (Lipinski definition) is 4. The molecule has 0 saturated carbocycles. The Kier molecular flexibility index (Phi) is 6.00. The van der Waals surface area contributed by atoms with Gasteiger partial charge in [-0.15, -0.1) is 0 Å². The summed E-state index contributed by atoms with van der Waals surface area (Å²) >= 11 is 0. The number of para-hydroxylation sites is 2. The Labute approximate surface area is 147 Å². The van der Waals surface area contributed by atoms with Gasteiger partial charge in [0.2, 0.25) is 0 Å². The summed E-state index contributed by atoms with van der Waals surface area (Å²) < 4.78 is 0. The highest BCUT2D eigenvalue weighted by Gasteiger charge is 2.16. The van der Waals surface area contributed by atoms with E-state index >= 15 is 0 Å². The zero-order chi connectivity index (χ0) is 18.4. The maximum atomic E-state index is 12.1. The van der Waals surface area contributed by atoms with E-state index in [-0.39, 0.29) is 11.4 Å². The summed E-state index contributed by atoms with van der Waals surface area (Å²) in [5.41, 5.74) is 2.71. The summed E-state index contributed by atoms with van der Waals surface area (Å²) in [6.07, 6.45) is 0. The SMILES string of the molecule is CCN(CC)c1ccc(NC(=O)C(=O)Nc2ccccc2O)c(C)c1. The number of aryl methyl sites for hydroxylation is 1. The van der Waals surface area contributed by atoms with Crippen LogP contribution < -0.4 is 15.5 Å². The number of aromatic hydroxyl groups is 1. The van der Waals surface area contributed by atoms with Crippen LogP contribution in [0.25, 0.3) is 0 Å². The minimum Gasteiger partial charge on any atom is -0.506 e. The summed E-state index contributed by atoms with van der Waals surface area (Å²) in [5, 5.41) is 14.6. The van der Waals surface area contributed by atoms with Crippen molar-refractivity contribution in [1.82, 2.24) is 0 Å². The summed E-state index contributed by atoms with van der Waals surface area (Å²) in [7, 11) is 0. The van der Waals surface area contributed by atoms with E-state index in [4.69, 9.17) is 0 Å². The van der Waals surface area contributed by atoms with Crippen molar-refractivity contribution in [2.45, 2.75) is 20.8 Å². The second-order valence-electron chi connectivity index (χ2n) is 5.60. The third kappa shape index (κ3) is 4.50. The van der Waals surface area contributed by atoms with Crippen LogP contribution in [-0.2, 0) is 9.59 Å². The number of nitrogens with one attached hydrogen (secondary N) is 2. The Morgan fingerprint density at radius 3 is 2.12 bits per heavy atom. The van der Waals surface area contributed by atoms with Crippen molar-refractivity contribution in [2.75, 3.05) is 28.6 Å². The largest absolute Gasteiger partial charge is 0.506 e. The van der Waals surface area contributed by atoms with Crippen LogP contribution in [0.1, 0.15) is 19.4 Å². The lowest BCUT2D eigenvalue weighted by atomic mass is 10.1. The van der Waals surface area contributed by atoms with Gasteiger partial charge in [0.1, 0.15) is 5.75 Å². The van der Waals surface area contributed by atoms with Gasteiger partial charge in [0.05, 0.1) is 5.69 Å². The summed E-state index contributed by atoms with van der Waals surface area (Å²) in [4.78, 5) is 26.3. The van der Waals surface area contributed by atoms with E-state index in [0.29, 0.717) is 5.69 Å². The predicted octanol–water partition coefficient (Wildman–Crippen LogP) is 3.12. The average molecular weight is 341 g/mol. The first kappa shape index (κ1) is 18.3. The molecule has 3 N–H and O–H groups in total. The Balaban J connectivity index is 2.07. The van der Waals surface area contributed by atoms with E-state index < -0.39 is 11.8 Å². The van der Waals surface area contributed by atoms with Crippen molar-refractivity contribution in [3.05, 3.63) is 48.0 Å². The Morgan fingerprint density at radius 2 is 1.56 bits per heavy atom. The lowest BCUT2D eigenvalue weighted by Crippen LogP contribution is -2.29. The second kappa shape index (κ2) is 8.19. The molecule has 6 heteroatoms. The van der Waals surface area contributed by atoms with Gasteiger partial charge in [-0.1, -0.05) is 12.1 Å². The zero-order valence-corrected chi connectivity index (χ0v) is 14.7. The van der Waals surface area contributed by atoms with E-state index in [1.165, 1.54) is 12.1 Å². The average Bonchev–Trinajstić information content (AvgIpc) is 2.60. The molecule has 25 heavy (non-hydrogen) atoms. The molecular weight excluding hydrogens is 318 g/mol. The Hall–Kier alpha value is -3.02. The number of rotatable bonds is 5. The van der Waals surface area contributed by atoms with Crippen LogP contribution >= 0.6 is 0 Å². The van der Waals surface area contributed by atoms with E-state index in [9.17, 15) is 14.7 Å². The molecule has 0 radical (unpaired) electrons. The van der Waals surface area contributed by atoms with Gasteiger partial charge in [0.15, 0.2) is 0 Å². The van der Waals surface area contributed by atoms with Crippen molar-refractivity contribution >= 4 is 28.9 Å². The van der Waals surface area contributed by atoms with Gasteiger partial charge >= 0.3 is 11.8 Å². The lowest BCUT2D eigenvalue weighted by Gasteiger charge is -2.22. The molecule has 0 unspecified atom stereocenters. The van der Waals surface area contributed by atoms with Crippen LogP contribution in [0.3, 0.4) is 0 Å². The van der Waals surface area contributed by atoms with Gasteiger partial charge in [-0.2, -0.15) is 0 Å². The number of phenolic OH excluding ortho intramolecular Hbond substituents is 1. The molecule has 0 aromatic heterocycles. The number of nitrogens with zero attached hydrogens (tertiary/aromatic N) is 1. The number of carbonyl (C=O) groups is 2. The van der Waals surface area contributed by atoms with Gasteiger partial charge in [-0.05, 0) is 56.7 Å². The molecular formula is C19H23N3O3. The molecule has 0 aliphatic heterocycles. The molecule has 0 aliphatic rings. The molecule has 0 heterocycles. The van der Waals surface area contributed by atoms with Crippen molar-refractivity contribution in [2.24, 2.45) is 0 Å². The van der Waals surface area contributed by atoms with Gasteiger partial charge in [0.25, 0.3) is 0 Å². The minimum atomic E-state index is -0.839. The first-order valence-electron chi connectivity index (χ1n) is 8.22. The maximum absolute atomic E-state index is 12.1. The molecule has 2 rings (SSSR count). The third-order valence-electron chi connectivity index (χ3n) is 3.95. The number of hydrogen-bond donors (Lipinski definition) is 3. The monoisotopic (exact) mass is 341 g/mol. The smallest absolute Gasteiger partial charge is 0.314 e. The van der Waals surface area contributed by atoms with Gasteiger partial charge in [0, 0.05) is 24.5 Å². The van der Waals surface area contributed by atoms with Gasteiger partial charge in [-0.25, -0.2) is 0 Å². The molecule has 2 amide bonds. The van der Waals surface area contributed by atoms with Gasteiger partial charge in [-0.3, -0.25) is 9.59 Å². The van der Waals surface area contributed by atoms with E-state index in [1.54, 1.807) is 18.2 Å². The van der Waals surface area contributed by atoms with Crippen molar-refractivity contribution in [3.8, 4) is 5.75 Å². The first-order valence-corrected chi connectivity index (χ1v) is 8.22. The maximum Gasteiger partial charge on any atom is 0.314 e. The molecule has 0 saturated heterocycles. The highest BCUT2D eigenvalue weighted by atomic mass is 16.3. The fourth-order valence-corrected chi connectivity index (χ4v) is 2.51. The van der Waals surface area contributed by atoms with Crippen LogP contribution in [0.2, 0.25) is 0 Å². The topological polar surface area (TPSA) is 81.7 Å². The fourth-order valence-electron chi connectivity index (χ4n) is 2.51. The van der Waals surface area contributed by atoms with Crippen LogP contribution in [-0.4, -0.2) is 30.0 Å². The predicted molar refractivity (Wildman–Crippen MR) is 100 cm³/mol. The number of benzene rings is 2. The zero-order valence-electron chi connectivity index (χ0n) is 14.7. The van der Waals surface area contributed by atoms with Crippen molar-refractivity contribution in [1.29, 1.82) is 0 Å². The second-order valence-corrected chi connectivity index (χ2v) is 5.60. The number of phenols is 1. The standard InChI is InChI=1S/C19H23N3O3/c1-4-22(5-2)14-10-11-15(13(3)12-14)20-18(24)19(25)21-16-8-6-7-9-17(16)23/h6-12,23H,4-5H2,1-3H3,(H,20,24)(H,21,25). The fraction of sp³-hybridized carbons (Fsp3) is 0.263. The molecule has 2 aromatic carbocycles. The van der Waals surface area contributed by atoms with Crippen molar-refractivity contribution < 1.29 is 14.7 Å². The van der Waals surface area contributed by atoms with Crippen molar-refractivity contribution in [3.63, 3.8) is 0 Å². The van der Waals surface area contributed by atoms with E-state index in [1.807, 2.05) is 19.1 Å². The summed E-state index contributed by atoms with van der Waals surface area (Å²) in [5.74, 6) is -1.72. The molecule has 0 aliphatic carbocycles. The molecule has 0 atom stereocenters. The number of anilines is 3. The van der Waals surface area contributed by atoms with Crippen LogP contribution in [0.4, 0.5) is 17.1 Å². The quantitative estimate of drug-likeness (QED) is 0.576. The molecule has 0 bridgehead atoms. The number of carbonyl (C=O) groups excluding carboxylic acids is 2. The first-order chi connectivity index (χ1) is 12.0. The molecule has 6 nitrogen and oxygen atoms in total. The Bertz CT molecular complexity index is 770. The van der Waals surface area contributed by atoms with Gasteiger partial charge < -0.3 is 20.6 Å². The summed E-state index contributed by atoms with van der Waals surface area (Å²) in [6.45, 7) is 7.83. The van der Waals surface area contributed by atoms with Crippen LogP contribution in [0, 0.1) is 6.92 Å². The minimum absolute atomic E-state index is 0.0941. The lowest BCUT2D eigenvalue weighted by molar-refractivity contribution is -0.133. The highest BCUT2D eigenvalue weighted by molar-refractivity contribution is 6.43. The van der Waals surface area contributed by atoms with E-state index in [2.05, 4.69) is 29.4 Å². The van der Waals surface area contributed by atoms with E-state index in [0.717, 1.165) is 24.3 Å². The Morgan fingerprint density at radius 1 is 0.960 bits per heavy atom. The molecule has 2 aromatic rings. The highest BCUT2D eigenvalue weighted by Crippen LogP contribution is 2.23. The third-order valence-corrected chi connectivity index (χ3v) is 3.95.